The van der Waals surface area contributed by atoms with Crippen LogP contribution in [0.25, 0.3) is 0 Å². The lowest BCUT2D eigenvalue weighted by Crippen LogP contribution is -2.42. The fourth-order valence-electron chi connectivity index (χ4n) is 2.46. The molecule has 1 aliphatic heterocycles. The summed E-state index contributed by atoms with van der Waals surface area (Å²) in [7, 11) is 0. The number of hydrogen-bond donors (Lipinski definition) is 0. The van der Waals surface area contributed by atoms with Gasteiger partial charge in [-0.25, -0.2) is 0 Å². The topological polar surface area (TPSA) is 60.5 Å². The Morgan fingerprint density at radius 3 is 2.86 bits per heavy atom. The van der Waals surface area contributed by atoms with E-state index in [2.05, 4.69) is 25.9 Å². The zero-order chi connectivity index (χ0) is 15.7. The number of morpholine rings is 1. The lowest BCUT2D eigenvalue weighted by atomic mass is 10.1. The molecule has 0 N–H and O–H groups in total. The molecule has 22 heavy (non-hydrogen) atoms. The van der Waals surface area contributed by atoms with Crippen LogP contribution in [0.2, 0.25) is 0 Å². The number of carbonyl (C=O) groups is 1. The van der Waals surface area contributed by atoms with Gasteiger partial charge in [0, 0.05) is 12.7 Å². The van der Waals surface area contributed by atoms with E-state index in [1.54, 1.807) is 23.6 Å². The number of ether oxygens (including phenoxy) is 1. The Hall–Kier alpha value is -2.08. The van der Waals surface area contributed by atoms with Crippen LogP contribution in [0.4, 0.5) is 0 Å². The molecule has 1 saturated heterocycles. The quantitative estimate of drug-likeness (QED) is 0.855. The van der Waals surface area contributed by atoms with E-state index in [4.69, 9.17) is 9.15 Å². The summed E-state index contributed by atoms with van der Waals surface area (Å²) in [6.07, 6.45) is 4.85. The summed E-state index contributed by atoms with van der Waals surface area (Å²) < 4.78 is 12.9. The maximum Gasteiger partial charge on any atom is 0.257 e. The minimum Gasteiger partial charge on any atom is -0.467 e. The third-order valence-corrected chi connectivity index (χ3v) is 3.73. The Bertz CT molecular complexity index is 640. The zero-order valence-corrected chi connectivity index (χ0v) is 13.2. The summed E-state index contributed by atoms with van der Waals surface area (Å²) in [6, 6.07) is 3.70. The molecule has 6 heteroatoms. The number of amides is 1. The van der Waals surface area contributed by atoms with E-state index < -0.39 is 0 Å². The molecule has 0 bridgehead atoms. The number of carbonyl (C=O) groups excluding carboxylic acids is 1. The molecule has 1 fully saturated rings. The van der Waals surface area contributed by atoms with Crippen LogP contribution in [-0.2, 0) is 10.3 Å². The van der Waals surface area contributed by atoms with Crippen molar-refractivity contribution in [3.63, 3.8) is 0 Å². The first kappa shape index (κ1) is 14.8. The van der Waals surface area contributed by atoms with Gasteiger partial charge in [0.2, 0.25) is 0 Å². The molecule has 2 aromatic heterocycles. The van der Waals surface area contributed by atoms with Crippen LogP contribution in [-0.4, -0.2) is 40.3 Å². The molecule has 1 atom stereocenters. The smallest absolute Gasteiger partial charge is 0.257 e. The maximum absolute atomic E-state index is 12.6. The summed E-state index contributed by atoms with van der Waals surface area (Å²) in [5, 5.41) is 4.29. The summed E-state index contributed by atoms with van der Waals surface area (Å²) in [6.45, 7) is 7.73. The highest BCUT2D eigenvalue weighted by molar-refractivity contribution is 5.93. The SMILES string of the molecule is CC(C)(C)n1cc(C(=O)N2CCO[C@H](c3ccco3)C2)cn1. The summed E-state index contributed by atoms with van der Waals surface area (Å²) >= 11 is 0. The molecule has 3 heterocycles. The standard InChI is InChI=1S/C16H21N3O3/c1-16(2,3)19-10-12(9-17-19)15(20)18-6-8-22-14(11-18)13-5-4-7-21-13/h4-5,7,9-10,14H,6,8,11H2,1-3H3/t14-/m0/s1. The molecule has 1 aliphatic rings. The second-order valence-electron chi connectivity index (χ2n) is 6.47. The molecule has 0 unspecified atom stereocenters. The second kappa shape index (κ2) is 5.61. The number of nitrogens with zero attached hydrogens (tertiary/aromatic N) is 3. The molecule has 0 radical (unpaired) electrons. The highest BCUT2D eigenvalue weighted by Gasteiger charge is 2.28. The number of hydrogen-bond acceptors (Lipinski definition) is 4. The summed E-state index contributed by atoms with van der Waals surface area (Å²) in [5.74, 6) is 0.734. The molecule has 2 aromatic rings. The van der Waals surface area contributed by atoms with Gasteiger partial charge in [0.25, 0.3) is 5.91 Å². The third-order valence-electron chi connectivity index (χ3n) is 3.73. The van der Waals surface area contributed by atoms with Crippen molar-refractivity contribution in [1.29, 1.82) is 0 Å². The molecule has 0 aliphatic carbocycles. The summed E-state index contributed by atoms with van der Waals surface area (Å²) in [5.41, 5.74) is 0.468. The van der Waals surface area contributed by atoms with Crippen LogP contribution >= 0.6 is 0 Å². The Morgan fingerprint density at radius 2 is 2.23 bits per heavy atom. The highest BCUT2D eigenvalue weighted by atomic mass is 16.5. The minimum absolute atomic E-state index is 0.0182. The monoisotopic (exact) mass is 303 g/mol. The van der Waals surface area contributed by atoms with Gasteiger partial charge >= 0.3 is 0 Å². The zero-order valence-electron chi connectivity index (χ0n) is 13.2. The van der Waals surface area contributed by atoms with Crippen molar-refractivity contribution >= 4 is 5.91 Å². The van der Waals surface area contributed by atoms with E-state index in [1.807, 2.05) is 16.8 Å². The number of furan rings is 1. The van der Waals surface area contributed by atoms with Gasteiger partial charge in [0.05, 0.1) is 36.7 Å². The average molecular weight is 303 g/mol. The molecule has 118 valence electrons. The van der Waals surface area contributed by atoms with Gasteiger partial charge in [-0.1, -0.05) is 0 Å². The number of rotatable bonds is 2. The normalized spacial score (nSPS) is 19.4. The largest absolute Gasteiger partial charge is 0.467 e. The van der Waals surface area contributed by atoms with Gasteiger partial charge in [-0.05, 0) is 32.9 Å². The van der Waals surface area contributed by atoms with Crippen LogP contribution in [0, 0.1) is 0 Å². The molecular weight excluding hydrogens is 282 g/mol. The lowest BCUT2D eigenvalue weighted by molar-refractivity contribution is -0.0321. The first-order valence-corrected chi connectivity index (χ1v) is 7.44. The van der Waals surface area contributed by atoms with Crippen molar-refractivity contribution in [2.45, 2.75) is 32.4 Å². The van der Waals surface area contributed by atoms with Crippen molar-refractivity contribution in [2.24, 2.45) is 0 Å². The van der Waals surface area contributed by atoms with E-state index in [1.165, 1.54) is 0 Å². The van der Waals surface area contributed by atoms with Crippen molar-refractivity contribution in [3.8, 4) is 0 Å². The van der Waals surface area contributed by atoms with E-state index in [-0.39, 0.29) is 17.6 Å². The molecule has 6 nitrogen and oxygen atoms in total. The van der Waals surface area contributed by atoms with Crippen LogP contribution in [0.15, 0.2) is 35.2 Å². The predicted molar refractivity (Wildman–Crippen MR) is 80.5 cm³/mol. The minimum atomic E-state index is -0.203. The van der Waals surface area contributed by atoms with Gasteiger partial charge in [0.15, 0.2) is 0 Å². The van der Waals surface area contributed by atoms with Crippen molar-refractivity contribution in [2.75, 3.05) is 19.7 Å². The van der Waals surface area contributed by atoms with E-state index in [0.717, 1.165) is 5.76 Å². The Labute approximate surface area is 129 Å². The lowest BCUT2D eigenvalue weighted by Gasteiger charge is -2.31. The van der Waals surface area contributed by atoms with Gasteiger partial charge in [-0.2, -0.15) is 5.10 Å². The highest BCUT2D eigenvalue weighted by Crippen LogP contribution is 2.24. The fourth-order valence-corrected chi connectivity index (χ4v) is 2.46. The van der Waals surface area contributed by atoms with Crippen LogP contribution in [0.5, 0.6) is 0 Å². The molecule has 1 amide bonds. The molecule has 3 rings (SSSR count). The maximum atomic E-state index is 12.6. The molecular formula is C16H21N3O3. The van der Waals surface area contributed by atoms with Crippen molar-refractivity contribution in [3.05, 3.63) is 42.1 Å². The Morgan fingerprint density at radius 1 is 1.41 bits per heavy atom. The van der Waals surface area contributed by atoms with Gasteiger partial charge in [0.1, 0.15) is 11.9 Å². The molecule has 0 saturated carbocycles. The van der Waals surface area contributed by atoms with Crippen LogP contribution in [0.1, 0.15) is 43.0 Å². The predicted octanol–water partition coefficient (Wildman–Crippen LogP) is 2.44. The van der Waals surface area contributed by atoms with Crippen LogP contribution in [0.3, 0.4) is 0 Å². The van der Waals surface area contributed by atoms with Crippen LogP contribution < -0.4 is 0 Å². The van der Waals surface area contributed by atoms with E-state index in [0.29, 0.717) is 25.3 Å². The summed E-state index contributed by atoms with van der Waals surface area (Å²) in [4.78, 5) is 14.4. The second-order valence-corrected chi connectivity index (χ2v) is 6.47. The molecule has 0 spiro atoms. The Balaban J connectivity index is 1.73. The average Bonchev–Trinajstić information content (AvgIpc) is 3.17. The first-order valence-electron chi connectivity index (χ1n) is 7.44. The Kier molecular flexibility index (Phi) is 3.78. The number of aromatic nitrogens is 2. The van der Waals surface area contributed by atoms with Crippen molar-refractivity contribution < 1.29 is 13.9 Å². The first-order chi connectivity index (χ1) is 10.4. The third kappa shape index (κ3) is 2.92. The van der Waals surface area contributed by atoms with Gasteiger partial charge in [-0.15, -0.1) is 0 Å². The van der Waals surface area contributed by atoms with Gasteiger partial charge < -0.3 is 14.1 Å². The fraction of sp³-hybridized carbons (Fsp3) is 0.500. The van der Waals surface area contributed by atoms with Gasteiger partial charge in [-0.3, -0.25) is 9.48 Å². The van der Waals surface area contributed by atoms with E-state index in [9.17, 15) is 4.79 Å². The molecule has 0 aromatic carbocycles. The van der Waals surface area contributed by atoms with Crippen molar-refractivity contribution in [1.82, 2.24) is 14.7 Å². The van der Waals surface area contributed by atoms with E-state index >= 15 is 0 Å².